The zero-order valence-electron chi connectivity index (χ0n) is 13.9. The van der Waals surface area contributed by atoms with Gasteiger partial charge in [-0.2, -0.15) is 0 Å². The maximum absolute atomic E-state index is 12.4. The van der Waals surface area contributed by atoms with Crippen molar-refractivity contribution in [2.45, 2.75) is 13.0 Å². The maximum Gasteiger partial charge on any atom is 0.246 e. The molecule has 0 radical (unpaired) electrons. The number of carbonyl (C=O) groups excluding carboxylic acids is 2. The van der Waals surface area contributed by atoms with Crippen LogP contribution in [0.2, 0.25) is 5.02 Å². The summed E-state index contributed by atoms with van der Waals surface area (Å²) in [6.45, 7) is 4.61. The fraction of sp³-hybridized carbons (Fsp3) is 0.278. The van der Waals surface area contributed by atoms with Gasteiger partial charge in [0.25, 0.3) is 0 Å². The van der Waals surface area contributed by atoms with Gasteiger partial charge in [0.1, 0.15) is 5.01 Å². The fourth-order valence-electron chi connectivity index (χ4n) is 2.69. The highest BCUT2D eigenvalue weighted by Crippen LogP contribution is 2.35. The van der Waals surface area contributed by atoms with Crippen LogP contribution < -0.4 is 0 Å². The first kappa shape index (κ1) is 17.6. The van der Waals surface area contributed by atoms with E-state index < -0.39 is 0 Å². The molecule has 25 heavy (non-hydrogen) atoms. The molecule has 0 saturated heterocycles. The van der Waals surface area contributed by atoms with E-state index in [-0.39, 0.29) is 18.4 Å². The van der Waals surface area contributed by atoms with Crippen molar-refractivity contribution in [3.05, 3.63) is 52.5 Å². The number of likely N-dealkylation sites (N-methyl/N-ethyl adjacent to an activating group) is 1. The standard InChI is InChI=1S/C18H18ClN3O2S/c1-3-16(23)21(2)11-17(24)22-9-8-14-15(10-22)25-18(20-14)12-6-4-5-7-13(12)19/h3-7H,1,8-11H2,2H3. The summed E-state index contributed by atoms with van der Waals surface area (Å²) in [7, 11) is 1.60. The molecule has 1 aromatic carbocycles. The van der Waals surface area contributed by atoms with E-state index in [9.17, 15) is 9.59 Å². The smallest absolute Gasteiger partial charge is 0.246 e. The minimum atomic E-state index is -0.259. The van der Waals surface area contributed by atoms with Gasteiger partial charge in [-0.3, -0.25) is 9.59 Å². The third-order valence-electron chi connectivity index (χ3n) is 4.11. The van der Waals surface area contributed by atoms with Gasteiger partial charge in [0.15, 0.2) is 0 Å². The highest BCUT2D eigenvalue weighted by Gasteiger charge is 2.25. The Morgan fingerprint density at radius 2 is 2.20 bits per heavy atom. The lowest BCUT2D eigenvalue weighted by Gasteiger charge is -2.28. The van der Waals surface area contributed by atoms with E-state index in [1.807, 2.05) is 24.3 Å². The van der Waals surface area contributed by atoms with E-state index in [0.717, 1.165) is 21.1 Å². The quantitative estimate of drug-likeness (QED) is 0.772. The molecule has 0 spiro atoms. The van der Waals surface area contributed by atoms with Gasteiger partial charge in [0.05, 0.1) is 23.8 Å². The number of carbonyl (C=O) groups is 2. The molecule has 1 aliphatic heterocycles. The van der Waals surface area contributed by atoms with E-state index in [0.29, 0.717) is 24.5 Å². The Labute approximate surface area is 155 Å². The van der Waals surface area contributed by atoms with Crippen molar-refractivity contribution in [2.24, 2.45) is 0 Å². The fourth-order valence-corrected chi connectivity index (χ4v) is 4.14. The van der Waals surface area contributed by atoms with Gasteiger partial charge >= 0.3 is 0 Å². The predicted molar refractivity (Wildman–Crippen MR) is 99.5 cm³/mol. The summed E-state index contributed by atoms with van der Waals surface area (Å²) in [4.78, 5) is 32.9. The summed E-state index contributed by atoms with van der Waals surface area (Å²) in [5, 5.41) is 1.55. The van der Waals surface area contributed by atoms with Crippen molar-refractivity contribution in [3.8, 4) is 10.6 Å². The molecule has 2 aromatic rings. The lowest BCUT2D eigenvalue weighted by atomic mass is 10.1. The lowest BCUT2D eigenvalue weighted by Crippen LogP contribution is -2.42. The van der Waals surface area contributed by atoms with Gasteiger partial charge in [-0.15, -0.1) is 11.3 Å². The highest BCUT2D eigenvalue weighted by molar-refractivity contribution is 7.15. The van der Waals surface area contributed by atoms with E-state index >= 15 is 0 Å². The third kappa shape index (κ3) is 3.75. The second-order valence-corrected chi connectivity index (χ2v) is 7.32. The normalized spacial score (nSPS) is 13.3. The molecule has 5 nitrogen and oxygen atoms in total. The summed E-state index contributed by atoms with van der Waals surface area (Å²) < 4.78 is 0. The van der Waals surface area contributed by atoms with Crippen LogP contribution >= 0.6 is 22.9 Å². The minimum absolute atomic E-state index is 0.0519. The molecule has 1 aliphatic rings. The number of nitrogens with zero attached hydrogens (tertiary/aromatic N) is 3. The molecule has 0 fully saturated rings. The van der Waals surface area contributed by atoms with Gasteiger partial charge in [-0.25, -0.2) is 4.98 Å². The predicted octanol–water partition coefficient (Wildman–Crippen LogP) is 2.99. The van der Waals surface area contributed by atoms with Crippen LogP contribution in [0.1, 0.15) is 10.6 Å². The first-order valence-corrected chi connectivity index (χ1v) is 9.08. The minimum Gasteiger partial charge on any atom is -0.336 e. The molecule has 1 aromatic heterocycles. The average Bonchev–Trinajstić information content (AvgIpc) is 3.04. The Kier molecular flexibility index (Phi) is 5.20. The molecule has 0 N–H and O–H groups in total. The largest absolute Gasteiger partial charge is 0.336 e. The topological polar surface area (TPSA) is 53.5 Å². The zero-order chi connectivity index (χ0) is 18.0. The number of rotatable bonds is 4. The Morgan fingerprint density at radius 3 is 2.92 bits per heavy atom. The summed E-state index contributed by atoms with van der Waals surface area (Å²) in [6, 6.07) is 7.62. The van der Waals surface area contributed by atoms with Crippen LogP contribution in [0.4, 0.5) is 0 Å². The van der Waals surface area contributed by atoms with E-state index in [2.05, 4.69) is 6.58 Å². The highest BCUT2D eigenvalue weighted by atomic mass is 35.5. The van der Waals surface area contributed by atoms with Gasteiger partial charge in [0.2, 0.25) is 11.8 Å². The van der Waals surface area contributed by atoms with Crippen molar-refractivity contribution in [3.63, 3.8) is 0 Å². The van der Waals surface area contributed by atoms with Crippen molar-refractivity contribution in [1.29, 1.82) is 0 Å². The molecule has 130 valence electrons. The molecular formula is C18H18ClN3O2S. The third-order valence-corrected chi connectivity index (χ3v) is 5.56. The van der Waals surface area contributed by atoms with Crippen LogP contribution in [-0.4, -0.2) is 46.7 Å². The number of benzene rings is 1. The first-order chi connectivity index (χ1) is 12.0. The maximum atomic E-state index is 12.4. The van der Waals surface area contributed by atoms with Crippen LogP contribution in [0.5, 0.6) is 0 Å². The molecule has 3 rings (SSSR count). The number of thiazole rings is 1. The molecule has 0 unspecified atom stereocenters. The number of amides is 2. The molecule has 0 saturated carbocycles. The lowest BCUT2D eigenvalue weighted by molar-refractivity contribution is -0.137. The number of hydrogen-bond donors (Lipinski definition) is 0. The second kappa shape index (κ2) is 7.37. The Bertz CT molecular complexity index is 833. The van der Waals surface area contributed by atoms with E-state index in [1.165, 1.54) is 11.0 Å². The summed E-state index contributed by atoms with van der Waals surface area (Å²) in [5.74, 6) is -0.333. The van der Waals surface area contributed by atoms with Crippen molar-refractivity contribution in [2.75, 3.05) is 20.1 Å². The Hall–Kier alpha value is -2.18. The Morgan fingerprint density at radius 1 is 1.44 bits per heavy atom. The number of aromatic nitrogens is 1. The molecule has 2 heterocycles. The SMILES string of the molecule is C=CC(=O)N(C)CC(=O)N1CCc2nc(-c3ccccc3Cl)sc2C1. The van der Waals surface area contributed by atoms with E-state index in [1.54, 1.807) is 23.3 Å². The average molecular weight is 376 g/mol. The summed E-state index contributed by atoms with van der Waals surface area (Å²) in [5.41, 5.74) is 1.94. The van der Waals surface area contributed by atoms with Crippen LogP contribution in [-0.2, 0) is 22.6 Å². The molecule has 7 heteroatoms. The van der Waals surface area contributed by atoms with Crippen molar-refractivity contribution < 1.29 is 9.59 Å². The Balaban J connectivity index is 1.74. The molecule has 0 atom stereocenters. The molecule has 2 amide bonds. The number of hydrogen-bond acceptors (Lipinski definition) is 4. The summed E-state index contributed by atoms with van der Waals surface area (Å²) >= 11 is 7.83. The van der Waals surface area contributed by atoms with Gasteiger partial charge in [-0.05, 0) is 12.1 Å². The number of halogens is 1. The van der Waals surface area contributed by atoms with Crippen LogP contribution in [0.3, 0.4) is 0 Å². The monoisotopic (exact) mass is 375 g/mol. The first-order valence-electron chi connectivity index (χ1n) is 7.88. The van der Waals surface area contributed by atoms with Crippen molar-refractivity contribution >= 4 is 34.8 Å². The van der Waals surface area contributed by atoms with Crippen molar-refractivity contribution in [1.82, 2.24) is 14.8 Å². The van der Waals surface area contributed by atoms with Gasteiger partial charge in [0, 0.05) is 30.5 Å². The van der Waals surface area contributed by atoms with E-state index in [4.69, 9.17) is 16.6 Å². The summed E-state index contributed by atoms with van der Waals surface area (Å²) in [6.07, 6.45) is 1.92. The molecular weight excluding hydrogens is 358 g/mol. The van der Waals surface area contributed by atoms with Gasteiger partial charge < -0.3 is 9.80 Å². The molecule has 0 bridgehead atoms. The van der Waals surface area contributed by atoms with Crippen LogP contribution in [0.25, 0.3) is 10.6 Å². The zero-order valence-corrected chi connectivity index (χ0v) is 15.4. The van der Waals surface area contributed by atoms with Crippen LogP contribution in [0, 0.1) is 0 Å². The van der Waals surface area contributed by atoms with Gasteiger partial charge in [-0.1, -0.05) is 36.4 Å². The second-order valence-electron chi connectivity index (χ2n) is 5.83. The number of fused-ring (bicyclic) bond motifs is 1. The molecule has 0 aliphatic carbocycles. The van der Waals surface area contributed by atoms with Crippen LogP contribution in [0.15, 0.2) is 36.9 Å².